The lowest BCUT2D eigenvalue weighted by molar-refractivity contribution is -0.118. The molecule has 0 saturated carbocycles. The van der Waals surface area contributed by atoms with Crippen molar-refractivity contribution in [1.29, 1.82) is 0 Å². The summed E-state index contributed by atoms with van der Waals surface area (Å²) >= 11 is 0. The topological polar surface area (TPSA) is 75.3 Å². The molecule has 0 bridgehead atoms. The quantitative estimate of drug-likeness (QED) is 0.702. The molecule has 17 heavy (non-hydrogen) atoms. The first kappa shape index (κ1) is 13.5. The van der Waals surface area contributed by atoms with Gasteiger partial charge in [0.15, 0.2) is 0 Å². The second kappa shape index (κ2) is 5.19. The average molecular weight is 236 g/mol. The summed E-state index contributed by atoms with van der Waals surface area (Å²) in [5, 5.41) is 12.5. The number of anilines is 1. The predicted molar refractivity (Wildman–Crippen MR) is 69.0 cm³/mol. The summed E-state index contributed by atoms with van der Waals surface area (Å²) in [7, 11) is 0. The molecule has 94 valence electrons. The lowest BCUT2D eigenvalue weighted by atomic mass is 10.0. The molecular weight excluding hydrogens is 216 g/mol. The highest BCUT2D eigenvalue weighted by Gasteiger charge is 2.18. The zero-order chi connectivity index (χ0) is 13.2. The molecule has 0 saturated heterocycles. The fourth-order valence-corrected chi connectivity index (χ4v) is 1.57. The molecule has 0 spiro atoms. The second-order valence-electron chi connectivity index (χ2n) is 4.74. The largest absolute Gasteiger partial charge is 0.505 e. The first-order chi connectivity index (χ1) is 7.82. The van der Waals surface area contributed by atoms with Gasteiger partial charge in [0.05, 0.1) is 11.7 Å². The molecule has 1 aromatic rings. The van der Waals surface area contributed by atoms with Gasteiger partial charge in [-0.2, -0.15) is 0 Å². The molecule has 1 unspecified atom stereocenters. The van der Waals surface area contributed by atoms with Crippen molar-refractivity contribution >= 4 is 11.6 Å². The Balaban J connectivity index is 2.92. The maximum absolute atomic E-state index is 11.8. The molecule has 0 fully saturated rings. The highest BCUT2D eigenvalue weighted by Crippen LogP contribution is 2.28. The van der Waals surface area contributed by atoms with Gasteiger partial charge in [-0.15, -0.1) is 0 Å². The van der Waals surface area contributed by atoms with E-state index in [0.717, 1.165) is 11.1 Å². The highest BCUT2D eigenvalue weighted by atomic mass is 16.3. The van der Waals surface area contributed by atoms with E-state index < -0.39 is 6.04 Å². The molecule has 4 N–H and O–H groups in total. The van der Waals surface area contributed by atoms with E-state index in [9.17, 15) is 9.90 Å². The Labute approximate surface area is 102 Å². The molecule has 0 aliphatic carbocycles. The van der Waals surface area contributed by atoms with Crippen molar-refractivity contribution in [2.45, 2.75) is 33.7 Å². The number of amides is 1. The van der Waals surface area contributed by atoms with Gasteiger partial charge in [0.2, 0.25) is 5.91 Å². The Bertz CT molecular complexity index is 428. The molecule has 4 heteroatoms. The molecule has 0 aliphatic heterocycles. The molecular formula is C13H20N2O2. The minimum Gasteiger partial charge on any atom is -0.505 e. The normalized spacial score (nSPS) is 12.6. The molecule has 4 nitrogen and oxygen atoms in total. The third-order valence-corrected chi connectivity index (χ3v) is 2.72. The first-order valence-electron chi connectivity index (χ1n) is 5.69. The van der Waals surface area contributed by atoms with E-state index in [2.05, 4.69) is 5.32 Å². The first-order valence-corrected chi connectivity index (χ1v) is 5.69. The number of aryl methyl sites for hydroxylation is 2. The zero-order valence-corrected chi connectivity index (χ0v) is 10.7. The summed E-state index contributed by atoms with van der Waals surface area (Å²) in [4.78, 5) is 11.8. The van der Waals surface area contributed by atoms with E-state index in [0.29, 0.717) is 5.69 Å². The van der Waals surface area contributed by atoms with Gasteiger partial charge in [-0.3, -0.25) is 4.79 Å². The van der Waals surface area contributed by atoms with E-state index in [1.54, 1.807) is 13.0 Å². The lowest BCUT2D eigenvalue weighted by Gasteiger charge is -2.17. The number of nitrogens with two attached hydrogens (primary N) is 1. The summed E-state index contributed by atoms with van der Waals surface area (Å²) in [5.74, 6) is -0.122. The van der Waals surface area contributed by atoms with Gasteiger partial charge in [0, 0.05) is 0 Å². The molecule has 1 amide bonds. The lowest BCUT2D eigenvalue weighted by Crippen LogP contribution is -2.39. The van der Waals surface area contributed by atoms with Crippen molar-refractivity contribution in [3.63, 3.8) is 0 Å². The number of hydrogen-bond donors (Lipinski definition) is 3. The number of carbonyl (C=O) groups is 1. The molecule has 0 aliphatic rings. The summed E-state index contributed by atoms with van der Waals surface area (Å²) in [6, 6.07) is 3.01. The summed E-state index contributed by atoms with van der Waals surface area (Å²) in [6.07, 6.45) is 0. The van der Waals surface area contributed by atoms with Crippen LogP contribution < -0.4 is 11.1 Å². The number of phenols is 1. The number of phenolic OH excluding ortho intramolecular Hbond substituents is 1. The predicted octanol–water partition coefficient (Wildman–Crippen LogP) is 1.93. The van der Waals surface area contributed by atoms with Crippen LogP contribution in [0.2, 0.25) is 0 Å². The number of benzene rings is 1. The van der Waals surface area contributed by atoms with Crippen LogP contribution in [0.1, 0.15) is 25.0 Å². The standard InChI is InChI=1S/C13H20N2O2/c1-7(2)11(14)13(17)15-10-6-8(3)5-9(4)12(10)16/h5-7,11,16H,14H2,1-4H3,(H,15,17). The zero-order valence-electron chi connectivity index (χ0n) is 10.7. The van der Waals surface area contributed by atoms with E-state index in [1.807, 2.05) is 26.8 Å². The van der Waals surface area contributed by atoms with Crippen LogP contribution >= 0.6 is 0 Å². The third-order valence-electron chi connectivity index (χ3n) is 2.72. The van der Waals surface area contributed by atoms with Crippen molar-refractivity contribution in [2.75, 3.05) is 5.32 Å². The molecule has 1 rings (SSSR count). The van der Waals surface area contributed by atoms with E-state index in [-0.39, 0.29) is 17.6 Å². The molecule has 0 heterocycles. The van der Waals surface area contributed by atoms with Crippen LogP contribution in [0.3, 0.4) is 0 Å². The van der Waals surface area contributed by atoms with Crippen molar-refractivity contribution in [3.8, 4) is 5.75 Å². The van der Waals surface area contributed by atoms with Gasteiger partial charge in [-0.05, 0) is 37.0 Å². The van der Waals surface area contributed by atoms with Crippen LogP contribution in [0.5, 0.6) is 5.75 Å². The number of rotatable bonds is 3. The molecule has 0 aromatic heterocycles. The Morgan fingerprint density at radius 2 is 1.94 bits per heavy atom. The van der Waals surface area contributed by atoms with Crippen LogP contribution in [-0.2, 0) is 4.79 Å². The minimum absolute atomic E-state index is 0.0584. The van der Waals surface area contributed by atoms with Crippen LogP contribution in [0, 0.1) is 19.8 Å². The van der Waals surface area contributed by atoms with Gasteiger partial charge >= 0.3 is 0 Å². The monoisotopic (exact) mass is 236 g/mol. The summed E-state index contributed by atoms with van der Waals surface area (Å²) in [6.45, 7) is 7.46. The number of nitrogens with one attached hydrogen (secondary N) is 1. The number of hydrogen-bond acceptors (Lipinski definition) is 3. The van der Waals surface area contributed by atoms with Crippen molar-refractivity contribution in [1.82, 2.24) is 0 Å². The van der Waals surface area contributed by atoms with Gasteiger partial charge in [0.25, 0.3) is 0 Å². The summed E-state index contributed by atoms with van der Waals surface area (Å²) < 4.78 is 0. The molecule has 0 radical (unpaired) electrons. The Morgan fingerprint density at radius 1 is 1.35 bits per heavy atom. The highest BCUT2D eigenvalue weighted by molar-refractivity contribution is 5.96. The van der Waals surface area contributed by atoms with Gasteiger partial charge < -0.3 is 16.2 Å². The summed E-state index contributed by atoms with van der Waals surface area (Å²) in [5.41, 5.74) is 7.88. The second-order valence-corrected chi connectivity index (χ2v) is 4.74. The van der Waals surface area contributed by atoms with E-state index in [4.69, 9.17) is 5.73 Å². The van der Waals surface area contributed by atoms with Gasteiger partial charge in [-0.25, -0.2) is 0 Å². The Hall–Kier alpha value is -1.55. The maximum atomic E-state index is 11.8. The number of aromatic hydroxyl groups is 1. The smallest absolute Gasteiger partial charge is 0.241 e. The third kappa shape index (κ3) is 3.20. The van der Waals surface area contributed by atoms with E-state index >= 15 is 0 Å². The SMILES string of the molecule is Cc1cc(C)c(O)c(NC(=O)C(N)C(C)C)c1. The van der Waals surface area contributed by atoms with Gasteiger partial charge in [-0.1, -0.05) is 19.9 Å². The fraction of sp³-hybridized carbons (Fsp3) is 0.462. The van der Waals surface area contributed by atoms with Crippen molar-refractivity contribution in [3.05, 3.63) is 23.3 Å². The van der Waals surface area contributed by atoms with Crippen LogP contribution in [0.4, 0.5) is 5.69 Å². The van der Waals surface area contributed by atoms with Crippen LogP contribution in [0.25, 0.3) is 0 Å². The Morgan fingerprint density at radius 3 is 2.47 bits per heavy atom. The van der Waals surface area contributed by atoms with Crippen LogP contribution in [-0.4, -0.2) is 17.1 Å². The molecule has 1 aromatic carbocycles. The van der Waals surface area contributed by atoms with Gasteiger partial charge in [0.1, 0.15) is 5.75 Å². The minimum atomic E-state index is -0.574. The number of carbonyl (C=O) groups excluding carboxylic acids is 1. The Kier molecular flexibility index (Phi) is 4.12. The van der Waals surface area contributed by atoms with Crippen molar-refractivity contribution in [2.24, 2.45) is 11.7 Å². The van der Waals surface area contributed by atoms with Crippen molar-refractivity contribution < 1.29 is 9.90 Å². The fourth-order valence-electron chi connectivity index (χ4n) is 1.57. The average Bonchev–Trinajstić information content (AvgIpc) is 2.23. The molecule has 1 atom stereocenters. The maximum Gasteiger partial charge on any atom is 0.241 e. The van der Waals surface area contributed by atoms with E-state index in [1.165, 1.54) is 0 Å². The van der Waals surface area contributed by atoms with Crippen LogP contribution in [0.15, 0.2) is 12.1 Å².